The van der Waals surface area contributed by atoms with Crippen molar-refractivity contribution in [3.63, 3.8) is 0 Å². The predicted molar refractivity (Wildman–Crippen MR) is 99.5 cm³/mol. The molecular weight excluding hydrogens is 312 g/mol. The number of amides is 1. The first kappa shape index (κ1) is 15.6. The average Bonchev–Trinajstić information content (AvgIpc) is 3.07. The third kappa shape index (κ3) is 3.06. The second kappa shape index (κ2) is 6.53. The number of nitrogens with one attached hydrogen (secondary N) is 2. The van der Waals surface area contributed by atoms with Gasteiger partial charge < -0.3 is 16.4 Å². The van der Waals surface area contributed by atoms with E-state index in [4.69, 9.17) is 5.73 Å². The quantitative estimate of drug-likeness (QED) is 0.670. The van der Waals surface area contributed by atoms with Crippen molar-refractivity contribution in [2.24, 2.45) is 5.73 Å². The van der Waals surface area contributed by atoms with E-state index in [-0.39, 0.29) is 11.9 Å². The van der Waals surface area contributed by atoms with E-state index in [1.165, 1.54) is 0 Å². The van der Waals surface area contributed by atoms with Crippen molar-refractivity contribution >= 4 is 22.5 Å². The topological polar surface area (TPSA) is 80.0 Å². The van der Waals surface area contributed by atoms with Crippen molar-refractivity contribution in [1.82, 2.24) is 10.3 Å². The summed E-state index contributed by atoms with van der Waals surface area (Å²) in [5.41, 5.74) is 8.80. The predicted octanol–water partition coefficient (Wildman–Crippen LogP) is 2.46. The van der Waals surface area contributed by atoms with E-state index in [0.29, 0.717) is 18.7 Å². The molecule has 1 aliphatic rings. The minimum Gasteiger partial charge on any atom is -0.365 e. The number of hydrogen-bond acceptors (Lipinski definition) is 4. The van der Waals surface area contributed by atoms with Gasteiger partial charge in [-0.25, -0.2) is 4.98 Å². The summed E-state index contributed by atoms with van der Waals surface area (Å²) in [5, 5.41) is 8.47. The molecule has 4 rings (SSSR count). The molecule has 0 unspecified atom stereocenters. The van der Waals surface area contributed by atoms with E-state index in [1.807, 2.05) is 48.5 Å². The molecule has 0 saturated carbocycles. The number of anilines is 1. The molecule has 0 bridgehead atoms. The van der Waals surface area contributed by atoms with Gasteiger partial charge in [-0.05, 0) is 41.1 Å². The number of carbonyl (C=O) groups is 1. The Morgan fingerprint density at radius 2 is 2.08 bits per heavy atom. The van der Waals surface area contributed by atoms with Crippen molar-refractivity contribution in [3.05, 3.63) is 71.4 Å². The van der Waals surface area contributed by atoms with Crippen molar-refractivity contribution in [3.8, 4) is 0 Å². The maximum absolute atomic E-state index is 12.7. The van der Waals surface area contributed by atoms with Crippen LogP contribution in [0.5, 0.6) is 0 Å². The fourth-order valence-corrected chi connectivity index (χ4v) is 3.35. The number of pyridine rings is 1. The Bertz CT molecular complexity index is 924. The Morgan fingerprint density at radius 1 is 1.24 bits per heavy atom. The normalized spacial score (nSPS) is 13.5. The van der Waals surface area contributed by atoms with Crippen molar-refractivity contribution in [1.29, 1.82) is 0 Å². The molecule has 0 fully saturated rings. The molecule has 0 aliphatic carbocycles. The maximum Gasteiger partial charge on any atom is 0.251 e. The van der Waals surface area contributed by atoms with Crippen LogP contribution in [0.4, 0.5) is 5.82 Å². The highest BCUT2D eigenvalue weighted by Gasteiger charge is 2.19. The lowest BCUT2D eigenvalue weighted by Gasteiger charge is -2.17. The Hall–Kier alpha value is -2.92. The summed E-state index contributed by atoms with van der Waals surface area (Å²) in [7, 11) is 0. The van der Waals surface area contributed by atoms with Crippen LogP contribution >= 0.6 is 0 Å². The van der Waals surface area contributed by atoms with E-state index in [9.17, 15) is 4.79 Å². The first-order chi connectivity index (χ1) is 12.2. The largest absolute Gasteiger partial charge is 0.365 e. The molecule has 0 radical (unpaired) electrons. The van der Waals surface area contributed by atoms with E-state index < -0.39 is 0 Å². The molecule has 2 heterocycles. The fraction of sp³-hybridized carbons (Fsp3) is 0.200. The van der Waals surface area contributed by atoms with Gasteiger partial charge in [0.05, 0.1) is 0 Å². The Labute approximate surface area is 146 Å². The molecule has 1 aliphatic heterocycles. The molecule has 126 valence electrons. The molecule has 3 aromatic rings. The first-order valence-electron chi connectivity index (χ1n) is 8.45. The number of benzene rings is 2. The van der Waals surface area contributed by atoms with Crippen LogP contribution in [0.2, 0.25) is 0 Å². The summed E-state index contributed by atoms with van der Waals surface area (Å²) in [5.74, 6) is 0.804. The van der Waals surface area contributed by atoms with Crippen LogP contribution in [0.25, 0.3) is 10.8 Å². The number of carbonyl (C=O) groups excluding carboxylic acids is 1. The molecule has 1 aromatic heterocycles. The van der Waals surface area contributed by atoms with Gasteiger partial charge in [-0.15, -0.1) is 0 Å². The number of rotatable bonds is 5. The molecule has 5 heteroatoms. The molecule has 4 N–H and O–H groups in total. The number of nitrogens with zero attached hydrogens (tertiary/aromatic N) is 1. The van der Waals surface area contributed by atoms with Crippen LogP contribution in [0.3, 0.4) is 0 Å². The van der Waals surface area contributed by atoms with Gasteiger partial charge in [-0.1, -0.05) is 30.3 Å². The van der Waals surface area contributed by atoms with Crippen LogP contribution in [-0.4, -0.2) is 23.5 Å². The molecule has 5 nitrogen and oxygen atoms in total. The van der Waals surface area contributed by atoms with Gasteiger partial charge in [0.15, 0.2) is 0 Å². The average molecular weight is 332 g/mol. The minimum atomic E-state index is -0.0923. The van der Waals surface area contributed by atoms with Gasteiger partial charge in [-0.2, -0.15) is 0 Å². The second-order valence-electron chi connectivity index (χ2n) is 6.34. The summed E-state index contributed by atoms with van der Waals surface area (Å²) in [4.78, 5) is 17.1. The van der Waals surface area contributed by atoms with Crippen molar-refractivity contribution < 1.29 is 4.79 Å². The molecule has 25 heavy (non-hydrogen) atoms. The molecule has 1 atom stereocenters. The summed E-state index contributed by atoms with van der Waals surface area (Å²) in [6.45, 7) is 1.10. The van der Waals surface area contributed by atoms with Crippen LogP contribution in [-0.2, 0) is 13.0 Å². The van der Waals surface area contributed by atoms with Crippen LogP contribution < -0.4 is 16.4 Å². The number of nitrogens with two attached hydrogens (primary N) is 1. The Morgan fingerprint density at radius 3 is 2.88 bits per heavy atom. The highest BCUT2D eigenvalue weighted by Crippen LogP contribution is 2.32. The van der Waals surface area contributed by atoms with Gasteiger partial charge >= 0.3 is 0 Å². The van der Waals surface area contributed by atoms with Crippen LogP contribution in [0.15, 0.2) is 54.7 Å². The number of hydrogen-bond donors (Lipinski definition) is 3. The third-order valence-electron chi connectivity index (χ3n) is 4.60. The highest BCUT2D eigenvalue weighted by molar-refractivity contribution is 6.04. The summed E-state index contributed by atoms with van der Waals surface area (Å²) < 4.78 is 0. The molecular formula is C20H20N4O. The van der Waals surface area contributed by atoms with E-state index in [0.717, 1.165) is 34.1 Å². The summed E-state index contributed by atoms with van der Waals surface area (Å²) in [6.07, 6.45) is 2.48. The zero-order chi connectivity index (χ0) is 17.2. The molecule has 0 saturated heterocycles. The zero-order valence-electron chi connectivity index (χ0n) is 13.8. The van der Waals surface area contributed by atoms with Gasteiger partial charge in [0.1, 0.15) is 5.82 Å². The van der Waals surface area contributed by atoms with Gasteiger partial charge in [0.2, 0.25) is 0 Å². The van der Waals surface area contributed by atoms with Gasteiger partial charge in [0, 0.05) is 36.3 Å². The second-order valence-corrected chi connectivity index (χ2v) is 6.34. The first-order valence-corrected chi connectivity index (χ1v) is 8.45. The highest BCUT2D eigenvalue weighted by atomic mass is 16.1. The smallest absolute Gasteiger partial charge is 0.251 e. The van der Waals surface area contributed by atoms with Gasteiger partial charge in [-0.3, -0.25) is 4.79 Å². The third-order valence-corrected chi connectivity index (χ3v) is 4.60. The Balaban J connectivity index is 1.56. The van der Waals surface area contributed by atoms with Crippen molar-refractivity contribution in [2.75, 3.05) is 11.9 Å². The van der Waals surface area contributed by atoms with Crippen LogP contribution in [0.1, 0.15) is 21.5 Å². The molecule has 2 aromatic carbocycles. The monoisotopic (exact) mass is 332 g/mol. The van der Waals surface area contributed by atoms with E-state index in [2.05, 4.69) is 15.6 Å². The van der Waals surface area contributed by atoms with Crippen molar-refractivity contribution in [2.45, 2.75) is 19.0 Å². The zero-order valence-corrected chi connectivity index (χ0v) is 13.8. The fourth-order valence-electron chi connectivity index (χ4n) is 3.35. The standard InChI is InChI=1S/C20H20N4O/c21-11-17(8-13-4-2-1-3-5-13)24-20(25)15-9-14-6-7-22-19-18(14)16(10-15)12-23-19/h1-7,9-10,17H,8,11-12,21H2,(H,22,23)(H,24,25)/t17-/m0/s1. The molecule has 0 spiro atoms. The Kier molecular flexibility index (Phi) is 4.07. The lowest BCUT2D eigenvalue weighted by atomic mass is 10.0. The van der Waals surface area contributed by atoms with E-state index in [1.54, 1.807) is 6.20 Å². The van der Waals surface area contributed by atoms with Crippen LogP contribution in [0, 0.1) is 0 Å². The van der Waals surface area contributed by atoms with E-state index >= 15 is 0 Å². The lowest BCUT2D eigenvalue weighted by Crippen LogP contribution is -2.41. The SMILES string of the molecule is NC[C@H](Cc1ccccc1)NC(=O)c1cc2c3c(nccc3c1)NC2. The number of aromatic nitrogens is 1. The maximum atomic E-state index is 12.7. The molecule has 1 amide bonds. The van der Waals surface area contributed by atoms with Gasteiger partial charge in [0.25, 0.3) is 5.91 Å². The minimum absolute atomic E-state index is 0.0882. The summed E-state index contributed by atoms with van der Waals surface area (Å²) >= 11 is 0. The lowest BCUT2D eigenvalue weighted by molar-refractivity contribution is 0.0938. The summed E-state index contributed by atoms with van der Waals surface area (Å²) in [6, 6.07) is 15.8.